The highest BCUT2D eigenvalue weighted by Crippen LogP contribution is 2.41. The lowest BCUT2D eigenvalue weighted by atomic mass is 9.79. The molecule has 0 saturated carbocycles. The molecule has 2 unspecified atom stereocenters. The molecule has 0 fully saturated rings. The first kappa shape index (κ1) is 15.3. The van der Waals surface area contributed by atoms with Gasteiger partial charge in [-0.25, -0.2) is 0 Å². The number of rotatable bonds is 4. The van der Waals surface area contributed by atoms with Crippen LogP contribution in [0.2, 0.25) is 8.67 Å². The number of fused-ring (bicyclic) bond motifs is 1. The van der Waals surface area contributed by atoms with E-state index in [0.29, 0.717) is 10.3 Å². The fourth-order valence-electron chi connectivity index (χ4n) is 3.26. The lowest BCUT2D eigenvalue weighted by Crippen LogP contribution is -2.30. The van der Waals surface area contributed by atoms with Crippen LogP contribution in [0.4, 0.5) is 0 Å². The van der Waals surface area contributed by atoms with Crippen LogP contribution in [-0.2, 0) is 6.42 Å². The molecule has 1 aliphatic rings. The standard InChI is InChI=1S/C16H18Cl2N2S/c17-15-9-13(16(18)21-15)14(20-19)8-11-6-3-5-10-4-1-2-7-12(10)11/h1-2,4,7,9,11,14,20H,3,5-6,8,19H2. The minimum absolute atomic E-state index is 0.0393. The van der Waals surface area contributed by atoms with Gasteiger partial charge in [0.25, 0.3) is 0 Å². The number of hydrogen-bond donors (Lipinski definition) is 2. The molecule has 112 valence electrons. The first-order valence-corrected chi connectivity index (χ1v) is 8.75. The highest BCUT2D eigenvalue weighted by Gasteiger charge is 2.25. The van der Waals surface area contributed by atoms with Crippen LogP contribution in [0, 0.1) is 0 Å². The number of thiophene rings is 1. The van der Waals surface area contributed by atoms with E-state index in [4.69, 9.17) is 29.0 Å². The maximum absolute atomic E-state index is 6.28. The Labute approximate surface area is 139 Å². The zero-order chi connectivity index (χ0) is 14.8. The van der Waals surface area contributed by atoms with E-state index in [0.717, 1.165) is 16.3 Å². The first-order chi connectivity index (χ1) is 10.2. The normalized spacial score (nSPS) is 19.3. The van der Waals surface area contributed by atoms with Crippen LogP contribution in [0.3, 0.4) is 0 Å². The number of nitrogens with two attached hydrogens (primary N) is 1. The van der Waals surface area contributed by atoms with Gasteiger partial charge in [-0.05, 0) is 48.8 Å². The van der Waals surface area contributed by atoms with Gasteiger partial charge in [0, 0.05) is 11.6 Å². The average Bonchev–Trinajstić information content (AvgIpc) is 2.83. The van der Waals surface area contributed by atoms with Crippen molar-refractivity contribution in [2.75, 3.05) is 0 Å². The zero-order valence-electron chi connectivity index (χ0n) is 11.6. The van der Waals surface area contributed by atoms with Crippen molar-refractivity contribution in [1.29, 1.82) is 0 Å². The summed E-state index contributed by atoms with van der Waals surface area (Å²) in [6.07, 6.45) is 4.56. The van der Waals surface area contributed by atoms with Crippen molar-refractivity contribution < 1.29 is 0 Å². The van der Waals surface area contributed by atoms with Gasteiger partial charge in [0.15, 0.2) is 0 Å². The summed E-state index contributed by atoms with van der Waals surface area (Å²) in [5.41, 5.74) is 6.86. The predicted octanol–water partition coefficient (Wildman–Crippen LogP) is 5.07. The van der Waals surface area contributed by atoms with E-state index in [1.54, 1.807) is 0 Å². The average molecular weight is 341 g/mol. The van der Waals surface area contributed by atoms with Crippen molar-refractivity contribution in [1.82, 2.24) is 5.43 Å². The van der Waals surface area contributed by atoms with E-state index in [1.165, 1.54) is 41.7 Å². The number of halogens is 2. The van der Waals surface area contributed by atoms with Gasteiger partial charge in [-0.15, -0.1) is 11.3 Å². The van der Waals surface area contributed by atoms with Crippen LogP contribution >= 0.6 is 34.5 Å². The van der Waals surface area contributed by atoms with E-state index in [-0.39, 0.29) is 6.04 Å². The van der Waals surface area contributed by atoms with Gasteiger partial charge in [0.05, 0.1) is 8.67 Å². The van der Waals surface area contributed by atoms with Crippen LogP contribution in [-0.4, -0.2) is 0 Å². The van der Waals surface area contributed by atoms with Gasteiger partial charge < -0.3 is 0 Å². The van der Waals surface area contributed by atoms with Gasteiger partial charge in [-0.3, -0.25) is 11.3 Å². The van der Waals surface area contributed by atoms with Crippen LogP contribution in [0.15, 0.2) is 30.3 Å². The molecule has 0 saturated heterocycles. The van der Waals surface area contributed by atoms with Crippen molar-refractivity contribution >= 4 is 34.5 Å². The van der Waals surface area contributed by atoms with Crippen LogP contribution in [0.5, 0.6) is 0 Å². The van der Waals surface area contributed by atoms with Crippen molar-refractivity contribution in [3.63, 3.8) is 0 Å². The van der Waals surface area contributed by atoms with Crippen molar-refractivity contribution in [3.05, 3.63) is 55.7 Å². The lowest BCUT2D eigenvalue weighted by molar-refractivity contribution is 0.426. The van der Waals surface area contributed by atoms with Gasteiger partial charge in [0.1, 0.15) is 0 Å². The number of aryl methyl sites for hydroxylation is 1. The number of hydrazine groups is 1. The summed E-state index contributed by atoms with van der Waals surface area (Å²) >= 11 is 13.7. The topological polar surface area (TPSA) is 38.0 Å². The molecule has 1 aliphatic carbocycles. The van der Waals surface area contributed by atoms with Gasteiger partial charge >= 0.3 is 0 Å². The Bertz CT molecular complexity index is 626. The summed E-state index contributed by atoms with van der Waals surface area (Å²) in [4.78, 5) is 0. The van der Waals surface area contributed by atoms with E-state index < -0.39 is 0 Å². The molecule has 0 spiro atoms. The van der Waals surface area contributed by atoms with Crippen LogP contribution in [0.25, 0.3) is 0 Å². The first-order valence-electron chi connectivity index (χ1n) is 7.17. The second-order valence-corrected chi connectivity index (χ2v) is 7.81. The molecule has 1 aromatic carbocycles. The third-order valence-corrected chi connectivity index (χ3v) is 5.79. The third kappa shape index (κ3) is 3.27. The van der Waals surface area contributed by atoms with Gasteiger partial charge in [0.2, 0.25) is 0 Å². The summed E-state index contributed by atoms with van der Waals surface area (Å²) in [5, 5.41) is 0. The minimum Gasteiger partial charge on any atom is -0.271 e. The van der Waals surface area contributed by atoms with E-state index in [1.807, 2.05) is 6.07 Å². The summed E-state index contributed by atoms with van der Waals surface area (Å²) in [5.74, 6) is 6.29. The van der Waals surface area contributed by atoms with Crippen molar-refractivity contribution in [2.24, 2.45) is 5.84 Å². The Morgan fingerprint density at radius 1 is 1.33 bits per heavy atom. The fraction of sp³-hybridized carbons (Fsp3) is 0.375. The Hall–Kier alpha value is -0.580. The molecule has 0 amide bonds. The molecule has 21 heavy (non-hydrogen) atoms. The summed E-state index contributed by atoms with van der Waals surface area (Å²) < 4.78 is 1.44. The SMILES string of the molecule is NNC(CC1CCCc2ccccc21)c1cc(Cl)sc1Cl. The lowest BCUT2D eigenvalue weighted by Gasteiger charge is -2.28. The van der Waals surface area contributed by atoms with E-state index >= 15 is 0 Å². The largest absolute Gasteiger partial charge is 0.271 e. The highest BCUT2D eigenvalue weighted by atomic mass is 35.5. The van der Waals surface area contributed by atoms with E-state index in [2.05, 4.69) is 29.7 Å². The fourth-order valence-corrected chi connectivity index (χ4v) is 4.84. The number of nitrogens with one attached hydrogen (secondary N) is 1. The maximum Gasteiger partial charge on any atom is 0.0992 e. The Morgan fingerprint density at radius 3 is 2.86 bits per heavy atom. The smallest absolute Gasteiger partial charge is 0.0992 e. The molecule has 3 rings (SSSR count). The third-order valence-electron chi connectivity index (χ3n) is 4.27. The second-order valence-electron chi connectivity index (χ2n) is 5.52. The second kappa shape index (κ2) is 6.67. The summed E-state index contributed by atoms with van der Waals surface area (Å²) in [6.45, 7) is 0. The van der Waals surface area contributed by atoms with Gasteiger partial charge in [-0.1, -0.05) is 47.5 Å². The van der Waals surface area contributed by atoms with Crippen molar-refractivity contribution in [3.8, 4) is 0 Å². The predicted molar refractivity (Wildman–Crippen MR) is 91.1 cm³/mol. The Kier molecular flexibility index (Phi) is 4.87. The van der Waals surface area contributed by atoms with Crippen molar-refractivity contribution in [2.45, 2.75) is 37.6 Å². The van der Waals surface area contributed by atoms with E-state index in [9.17, 15) is 0 Å². The molecule has 2 aromatic rings. The number of benzene rings is 1. The molecule has 1 heterocycles. The van der Waals surface area contributed by atoms with Gasteiger partial charge in [-0.2, -0.15) is 0 Å². The summed E-state index contributed by atoms with van der Waals surface area (Å²) in [6, 6.07) is 10.7. The molecule has 2 atom stereocenters. The zero-order valence-corrected chi connectivity index (χ0v) is 13.9. The summed E-state index contributed by atoms with van der Waals surface area (Å²) in [7, 11) is 0. The minimum atomic E-state index is 0.0393. The molecule has 0 bridgehead atoms. The molecule has 5 heteroatoms. The Morgan fingerprint density at radius 2 is 2.14 bits per heavy atom. The van der Waals surface area contributed by atoms with Crippen LogP contribution < -0.4 is 11.3 Å². The molecule has 1 aromatic heterocycles. The number of hydrogen-bond acceptors (Lipinski definition) is 3. The maximum atomic E-state index is 6.28. The molecule has 0 aliphatic heterocycles. The molecular formula is C16H18Cl2N2S. The highest BCUT2D eigenvalue weighted by molar-refractivity contribution is 7.20. The monoisotopic (exact) mass is 340 g/mol. The van der Waals surface area contributed by atoms with Crippen LogP contribution in [0.1, 0.15) is 47.9 Å². The molecule has 2 nitrogen and oxygen atoms in total. The quantitative estimate of drug-likeness (QED) is 0.602. The Balaban J connectivity index is 1.84. The molecule has 3 N–H and O–H groups in total. The molecular weight excluding hydrogens is 323 g/mol. The molecule has 0 radical (unpaired) electrons.